The average Bonchev–Trinajstić information content (AvgIpc) is 3.61. The lowest BCUT2D eigenvalue weighted by atomic mass is 9.87. The van der Waals surface area contributed by atoms with E-state index in [9.17, 15) is 4.79 Å². The van der Waals surface area contributed by atoms with E-state index >= 15 is 0 Å². The number of halogens is 1. The molecule has 2 aromatic heterocycles. The molecule has 0 bridgehead atoms. The fourth-order valence-electron chi connectivity index (χ4n) is 5.89. The fourth-order valence-corrected chi connectivity index (χ4v) is 5.89. The zero-order chi connectivity index (χ0) is 27.2. The van der Waals surface area contributed by atoms with E-state index in [1.807, 2.05) is 41.4 Å². The number of hydrogen-bond acceptors (Lipinski definition) is 4. The van der Waals surface area contributed by atoms with Gasteiger partial charge in [-0.3, -0.25) is 4.79 Å². The molecule has 0 spiro atoms. The molecule has 0 unspecified atom stereocenters. The second-order valence-electron chi connectivity index (χ2n) is 10.9. The number of carbonyl (C=O) groups excluding carboxylic acids is 1. The molecule has 6 rings (SSSR count). The first-order chi connectivity index (χ1) is 19.1. The Morgan fingerprint density at radius 3 is 2.35 bits per heavy atom. The number of piperazine rings is 1. The summed E-state index contributed by atoms with van der Waals surface area (Å²) in [7, 11) is 5.49. The van der Waals surface area contributed by atoms with Crippen molar-refractivity contribution < 1.29 is 14.3 Å². The lowest BCUT2D eigenvalue weighted by Gasteiger charge is -2.32. The molecule has 1 amide bonds. The molecule has 1 saturated carbocycles. The van der Waals surface area contributed by atoms with E-state index in [2.05, 4.69) is 39.8 Å². The van der Waals surface area contributed by atoms with Crippen molar-refractivity contribution in [2.45, 2.75) is 45.1 Å². The molecule has 216 valence electrons. The minimum Gasteiger partial charge on any atom is -0.497 e. The molecule has 2 aromatic carbocycles. The summed E-state index contributed by atoms with van der Waals surface area (Å²) < 4.78 is 12.8. The summed E-state index contributed by atoms with van der Waals surface area (Å²) in [6.45, 7) is 4.48. The van der Waals surface area contributed by atoms with Crippen molar-refractivity contribution in [2.75, 3.05) is 47.4 Å². The molecule has 3 heterocycles. The standard InChI is InChI=1S/C23H33N3O2.C9H9NO.ClH/c1-24-12-14-25(15-13-24)23(27)21-17-26(11-10-18-6-4-3-5-7-18)22-16-19(28-2)8-9-20(21)22;1-11-8-3-2-7-4-5-10-9(7)6-8;/h8-9,16-18H,3-7,10-15H2,1-2H3;2-6,10H,1H3;1H. The Hall–Kier alpha value is -3.16. The smallest absolute Gasteiger partial charge is 0.256 e. The fraction of sp³-hybridized carbons (Fsp3) is 0.469. The van der Waals surface area contributed by atoms with Crippen molar-refractivity contribution in [1.29, 1.82) is 0 Å². The number of fused-ring (bicyclic) bond motifs is 2. The second kappa shape index (κ2) is 14.0. The molecule has 1 aliphatic heterocycles. The van der Waals surface area contributed by atoms with Crippen LogP contribution in [-0.4, -0.2) is 72.7 Å². The number of carbonyl (C=O) groups is 1. The number of likely N-dealkylation sites (N-methyl/N-ethyl adjacent to an activating group) is 1. The highest BCUT2D eigenvalue weighted by molar-refractivity contribution is 6.07. The van der Waals surface area contributed by atoms with Crippen LogP contribution in [0.15, 0.2) is 54.9 Å². The van der Waals surface area contributed by atoms with Gasteiger partial charge in [0.05, 0.1) is 25.3 Å². The van der Waals surface area contributed by atoms with Crippen LogP contribution in [0, 0.1) is 5.92 Å². The van der Waals surface area contributed by atoms with Crippen LogP contribution < -0.4 is 9.47 Å². The van der Waals surface area contributed by atoms with Crippen molar-refractivity contribution in [3.05, 3.63) is 60.4 Å². The summed E-state index contributed by atoms with van der Waals surface area (Å²) >= 11 is 0. The highest BCUT2D eigenvalue weighted by Gasteiger charge is 2.24. The molecule has 0 atom stereocenters. The van der Waals surface area contributed by atoms with Gasteiger partial charge in [-0.2, -0.15) is 0 Å². The lowest BCUT2D eigenvalue weighted by molar-refractivity contribution is 0.0666. The van der Waals surface area contributed by atoms with Crippen LogP contribution in [0.3, 0.4) is 0 Å². The normalized spacial score (nSPS) is 16.3. The molecular weight excluding hydrogens is 524 g/mol. The first-order valence-corrected chi connectivity index (χ1v) is 14.3. The molecular formula is C32H43ClN4O3. The number of benzene rings is 2. The van der Waals surface area contributed by atoms with Gasteiger partial charge in [0.25, 0.3) is 5.91 Å². The highest BCUT2D eigenvalue weighted by Crippen LogP contribution is 2.30. The summed E-state index contributed by atoms with van der Waals surface area (Å²) in [4.78, 5) is 20.7. The molecule has 2 aliphatic rings. The molecule has 1 saturated heterocycles. The molecule has 4 aromatic rings. The third-order valence-electron chi connectivity index (χ3n) is 8.38. The molecule has 40 heavy (non-hydrogen) atoms. The Morgan fingerprint density at radius 2 is 1.62 bits per heavy atom. The van der Waals surface area contributed by atoms with Crippen LogP contribution in [0.2, 0.25) is 0 Å². The molecule has 7 nitrogen and oxygen atoms in total. The van der Waals surface area contributed by atoms with Crippen molar-refractivity contribution >= 4 is 40.1 Å². The largest absolute Gasteiger partial charge is 0.497 e. The number of H-pyrrole nitrogens is 1. The number of amides is 1. The van der Waals surface area contributed by atoms with Crippen molar-refractivity contribution in [1.82, 2.24) is 19.4 Å². The van der Waals surface area contributed by atoms with E-state index in [0.717, 1.165) is 72.1 Å². The van der Waals surface area contributed by atoms with Crippen LogP contribution in [0.1, 0.15) is 48.9 Å². The summed E-state index contributed by atoms with van der Waals surface area (Å²) in [6, 6.07) is 14.1. The van der Waals surface area contributed by atoms with Gasteiger partial charge in [0.15, 0.2) is 0 Å². The number of aryl methyl sites for hydroxylation is 1. The summed E-state index contributed by atoms with van der Waals surface area (Å²) in [6.07, 6.45) is 12.1. The van der Waals surface area contributed by atoms with Crippen LogP contribution in [0.25, 0.3) is 21.8 Å². The SMILES string of the molecule is COc1ccc2c(C(=O)N3CCN(C)CC3)cn(CCC3CCCCC3)c2c1.COc1ccc2cc[nH]c2c1.Cl. The number of hydrogen-bond donors (Lipinski definition) is 1. The van der Waals surface area contributed by atoms with Gasteiger partial charge in [0.1, 0.15) is 11.5 Å². The lowest BCUT2D eigenvalue weighted by Crippen LogP contribution is -2.47. The van der Waals surface area contributed by atoms with Gasteiger partial charge in [-0.05, 0) is 55.1 Å². The molecule has 0 radical (unpaired) electrons. The van der Waals surface area contributed by atoms with Gasteiger partial charge in [0, 0.05) is 68.2 Å². The van der Waals surface area contributed by atoms with Gasteiger partial charge < -0.3 is 28.8 Å². The zero-order valence-electron chi connectivity index (χ0n) is 24.0. The van der Waals surface area contributed by atoms with Gasteiger partial charge in [0.2, 0.25) is 0 Å². The van der Waals surface area contributed by atoms with E-state index in [4.69, 9.17) is 9.47 Å². The topological polar surface area (TPSA) is 62.7 Å². The number of ether oxygens (including phenoxy) is 2. The number of nitrogens with one attached hydrogen (secondary N) is 1. The Labute approximate surface area is 243 Å². The van der Waals surface area contributed by atoms with E-state index in [1.54, 1.807) is 14.2 Å². The van der Waals surface area contributed by atoms with Gasteiger partial charge in [-0.15, -0.1) is 12.4 Å². The van der Waals surface area contributed by atoms with Crippen molar-refractivity contribution in [3.8, 4) is 11.5 Å². The quantitative estimate of drug-likeness (QED) is 0.285. The second-order valence-corrected chi connectivity index (χ2v) is 10.9. The summed E-state index contributed by atoms with van der Waals surface area (Å²) in [5.41, 5.74) is 3.07. The Morgan fingerprint density at radius 1 is 0.925 bits per heavy atom. The molecule has 1 N–H and O–H groups in total. The maximum Gasteiger partial charge on any atom is 0.256 e. The summed E-state index contributed by atoms with van der Waals surface area (Å²) in [5, 5.41) is 2.26. The third kappa shape index (κ3) is 6.94. The number of rotatable bonds is 6. The Kier molecular flexibility index (Phi) is 10.4. The number of aromatic nitrogens is 2. The molecule has 1 aliphatic carbocycles. The van der Waals surface area contributed by atoms with Gasteiger partial charge >= 0.3 is 0 Å². The van der Waals surface area contributed by atoms with Gasteiger partial charge in [-0.25, -0.2) is 0 Å². The zero-order valence-corrected chi connectivity index (χ0v) is 24.8. The maximum atomic E-state index is 13.3. The number of nitrogens with zero attached hydrogens (tertiary/aromatic N) is 3. The highest BCUT2D eigenvalue weighted by atomic mass is 35.5. The van der Waals surface area contributed by atoms with E-state index in [-0.39, 0.29) is 18.3 Å². The average molecular weight is 567 g/mol. The van der Waals surface area contributed by atoms with Crippen LogP contribution in [-0.2, 0) is 6.54 Å². The van der Waals surface area contributed by atoms with Crippen molar-refractivity contribution in [3.63, 3.8) is 0 Å². The minimum atomic E-state index is 0. The molecule has 2 fully saturated rings. The van der Waals surface area contributed by atoms with Crippen LogP contribution in [0.5, 0.6) is 11.5 Å². The predicted octanol–water partition coefficient (Wildman–Crippen LogP) is 6.61. The van der Waals surface area contributed by atoms with Crippen molar-refractivity contribution in [2.24, 2.45) is 5.92 Å². The van der Waals surface area contributed by atoms with Crippen LogP contribution in [0.4, 0.5) is 0 Å². The van der Waals surface area contributed by atoms with Gasteiger partial charge in [-0.1, -0.05) is 32.1 Å². The third-order valence-corrected chi connectivity index (χ3v) is 8.38. The van der Waals surface area contributed by atoms with E-state index < -0.39 is 0 Å². The minimum absolute atomic E-state index is 0. The predicted molar refractivity (Wildman–Crippen MR) is 165 cm³/mol. The summed E-state index contributed by atoms with van der Waals surface area (Å²) in [5.74, 6) is 2.73. The number of aromatic amines is 1. The first-order valence-electron chi connectivity index (χ1n) is 14.3. The monoisotopic (exact) mass is 566 g/mol. The Balaban J connectivity index is 0.000000258. The number of methoxy groups -OCH3 is 2. The van der Waals surface area contributed by atoms with E-state index in [0.29, 0.717) is 0 Å². The Bertz CT molecular complexity index is 1380. The first kappa shape index (κ1) is 29.8. The maximum absolute atomic E-state index is 13.3. The molecule has 8 heteroatoms. The van der Waals surface area contributed by atoms with E-state index in [1.165, 1.54) is 43.9 Å². The van der Waals surface area contributed by atoms with Crippen LogP contribution >= 0.6 is 12.4 Å².